The van der Waals surface area contributed by atoms with E-state index < -0.39 is 21.8 Å². The first-order valence-corrected chi connectivity index (χ1v) is 12.7. The Balaban J connectivity index is 1.96. The van der Waals surface area contributed by atoms with Crippen molar-refractivity contribution >= 4 is 33.8 Å². The quantitative estimate of drug-likeness (QED) is 0.347. The van der Waals surface area contributed by atoms with E-state index in [9.17, 15) is 18.0 Å². The van der Waals surface area contributed by atoms with Gasteiger partial charge in [0.2, 0.25) is 9.84 Å². The third-order valence-corrected chi connectivity index (χ3v) is 7.02. The third kappa shape index (κ3) is 5.61. The number of carbonyl (C=O) groups is 2. The summed E-state index contributed by atoms with van der Waals surface area (Å²) in [6, 6.07) is 17.5. The monoisotopic (exact) mass is 469 g/mol. The first-order valence-electron chi connectivity index (χ1n) is 9.83. The number of aromatic nitrogens is 1. The van der Waals surface area contributed by atoms with E-state index in [-0.39, 0.29) is 15.5 Å². The fraction of sp³-hybridized carbons (Fsp3) is 0.174. The Morgan fingerprint density at radius 2 is 1.84 bits per heavy atom. The van der Waals surface area contributed by atoms with Gasteiger partial charge in [0.1, 0.15) is 6.29 Å². The Labute approximate surface area is 191 Å². The van der Waals surface area contributed by atoms with Gasteiger partial charge < -0.3 is 4.79 Å². The lowest BCUT2D eigenvalue weighted by atomic mass is 9.99. The molecule has 0 aliphatic rings. The molecule has 0 spiro atoms. The standard InChI is InChI=1S/C23H23N3O4S2/c1-31-14-12-18(16-27)25-26-23(28)20-11-10-19(15-21(20)17-7-3-2-4-8-17)32(29,30)22-9-5-6-13-24-22/h2-11,13,15-16,18,25H,12,14H2,1H3,(H,26,28). The molecule has 9 heteroatoms. The maximum atomic E-state index is 13.0. The number of hydrazine groups is 1. The molecule has 0 saturated carbocycles. The van der Waals surface area contributed by atoms with E-state index in [2.05, 4.69) is 15.8 Å². The molecule has 0 aliphatic carbocycles. The lowest BCUT2D eigenvalue weighted by Gasteiger charge is -2.16. The van der Waals surface area contributed by atoms with Crippen LogP contribution >= 0.6 is 11.8 Å². The number of rotatable bonds is 10. The summed E-state index contributed by atoms with van der Waals surface area (Å²) < 4.78 is 26.1. The molecule has 2 N–H and O–H groups in total. The highest BCUT2D eigenvalue weighted by Gasteiger charge is 2.22. The molecule has 1 unspecified atom stereocenters. The van der Waals surface area contributed by atoms with Crippen LogP contribution in [0.25, 0.3) is 11.1 Å². The van der Waals surface area contributed by atoms with Crippen molar-refractivity contribution < 1.29 is 18.0 Å². The number of sulfone groups is 1. The number of aldehydes is 1. The summed E-state index contributed by atoms with van der Waals surface area (Å²) in [5.41, 5.74) is 6.72. The average molecular weight is 470 g/mol. The molecule has 0 radical (unpaired) electrons. The van der Waals surface area contributed by atoms with Crippen molar-refractivity contribution in [3.8, 4) is 11.1 Å². The number of benzene rings is 2. The molecule has 166 valence electrons. The van der Waals surface area contributed by atoms with Crippen LogP contribution in [0.15, 0.2) is 82.8 Å². The van der Waals surface area contributed by atoms with Gasteiger partial charge in [-0.1, -0.05) is 36.4 Å². The SMILES string of the molecule is CSCCC(C=O)NNC(=O)c1ccc(S(=O)(=O)c2ccccn2)cc1-c1ccccc1. The van der Waals surface area contributed by atoms with Crippen LogP contribution in [0.5, 0.6) is 0 Å². The molecule has 0 aliphatic heterocycles. The maximum absolute atomic E-state index is 13.0. The van der Waals surface area contributed by atoms with Gasteiger partial charge in [-0.05, 0) is 59.9 Å². The fourth-order valence-electron chi connectivity index (χ4n) is 3.02. The van der Waals surface area contributed by atoms with Gasteiger partial charge in [-0.2, -0.15) is 11.8 Å². The number of thioether (sulfide) groups is 1. The van der Waals surface area contributed by atoms with Crippen molar-refractivity contribution in [2.75, 3.05) is 12.0 Å². The Morgan fingerprint density at radius 1 is 1.09 bits per heavy atom. The van der Waals surface area contributed by atoms with Crippen LogP contribution in [-0.2, 0) is 14.6 Å². The lowest BCUT2D eigenvalue weighted by molar-refractivity contribution is -0.109. The summed E-state index contributed by atoms with van der Waals surface area (Å²) >= 11 is 1.60. The van der Waals surface area contributed by atoms with Gasteiger partial charge >= 0.3 is 0 Å². The Kier molecular flexibility index (Phi) is 8.15. The second kappa shape index (κ2) is 11.0. The minimum atomic E-state index is -3.86. The van der Waals surface area contributed by atoms with Crippen molar-refractivity contribution in [3.05, 3.63) is 78.5 Å². The highest BCUT2D eigenvalue weighted by Crippen LogP contribution is 2.29. The summed E-state index contributed by atoms with van der Waals surface area (Å²) in [4.78, 5) is 28.1. The second-order valence-electron chi connectivity index (χ2n) is 6.87. The van der Waals surface area contributed by atoms with Crippen molar-refractivity contribution in [2.24, 2.45) is 0 Å². The van der Waals surface area contributed by atoms with E-state index >= 15 is 0 Å². The zero-order valence-electron chi connectivity index (χ0n) is 17.4. The largest absolute Gasteiger partial charge is 0.302 e. The molecule has 32 heavy (non-hydrogen) atoms. The van der Waals surface area contributed by atoms with Crippen molar-refractivity contribution in [1.82, 2.24) is 15.8 Å². The van der Waals surface area contributed by atoms with Gasteiger partial charge in [0.15, 0.2) is 5.03 Å². The van der Waals surface area contributed by atoms with E-state index in [1.54, 1.807) is 48.2 Å². The molecule has 0 saturated heterocycles. The smallest absolute Gasteiger partial charge is 0.266 e. The molecule has 1 amide bonds. The van der Waals surface area contributed by atoms with E-state index in [1.165, 1.54) is 30.5 Å². The fourth-order valence-corrected chi connectivity index (χ4v) is 4.73. The van der Waals surface area contributed by atoms with Crippen LogP contribution in [0.3, 0.4) is 0 Å². The molecule has 1 atom stereocenters. The van der Waals surface area contributed by atoms with Crippen molar-refractivity contribution in [3.63, 3.8) is 0 Å². The van der Waals surface area contributed by atoms with Gasteiger partial charge in [0, 0.05) is 11.8 Å². The molecule has 3 rings (SSSR count). The van der Waals surface area contributed by atoms with E-state index in [4.69, 9.17) is 0 Å². The summed E-state index contributed by atoms with van der Waals surface area (Å²) in [5.74, 6) is 0.295. The predicted octanol–water partition coefficient (Wildman–Crippen LogP) is 3.14. The number of pyridine rings is 1. The van der Waals surface area contributed by atoms with Crippen LogP contribution in [0.2, 0.25) is 0 Å². The number of amides is 1. The lowest BCUT2D eigenvalue weighted by Crippen LogP contribution is -2.45. The van der Waals surface area contributed by atoms with Crippen LogP contribution in [-0.4, -0.2) is 43.6 Å². The summed E-state index contributed by atoms with van der Waals surface area (Å²) in [7, 11) is -3.86. The van der Waals surface area contributed by atoms with Gasteiger partial charge in [-0.3, -0.25) is 10.2 Å². The van der Waals surface area contributed by atoms with Gasteiger partial charge in [0.05, 0.1) is 10.9 Å². The summed E-state index contributed by atoms with van der Waals surface area (Å²) in [5, 5.41) is -0.0690. The van der Waals surface area contributed by atoms with Crippen molar-refractivity contribution in [2.45, 2.75) is 22.4 Å². The molecular formula is C23H23N3O4S2. The van der Waals surface area contributed by atoms with Crippen LogP contribution < -0.4 is 10.9 Å². The zero-order valence-corrected chi connectivity index (χ0v) is 19.0. The van der Waals surface area contributed by atoms with E-state index in [0.717, 1.165) is 12.0 Å². The molecule has 1 heterocycles. The normalized spacial score (nSPS) is 12.2. The molecule has 0 bridgehead atoms. The highest BCUT2D eigenvalue weighted by atomic mass is 32.2. The second-order valence-corrected chi connectivity index (χ2v) is 9.75. The molecule has 1 aromatic heterocycles. The topological polar surface area (TPSA) is 105 Å². The van der Waals surface area contributed by atoms with Crippen LogP contribution in [0, 0.1) is 0 Å². The molecular weight excluding hydrogens is 446 g/mol. The number of nitrogens with one attached hydrogen (secondary N) is 2. The zero-order chi connectivity index (χ0) is 23.0. The molecule has 3 aromatic rings. The van der Waals surface area contributed by atoms with Gasteiger partial charge in [-0.15, -0.1) is 0 Å². The summed E-state index contributed by atoms with van der Waals surface area (Å²) in [6.07, 6.45) is 4.67. The third-order valence-electron chi connectivity index (χ3n) is 4.71. The molecule has 7 nitrogen and oxygen atoms in total. The number of hydrogen-bond acceptors (Lipinski definition) is 7. The van der Waals surface area contributed by atoms with Crippen LogP contribution in [0.4, 0.5) is 0 Å². The number of hydrogen-bond donors (Lipinski definition) is 2. The first kappa shape index (κ1) is 23.6. The highest BCUT2D eigenvalue weighted by molar-refractivity contribution is 7.98. The van der Waals surface area contributed by atoms with Gasteiger partial charge in [-0.25, -0.2) is 18.8 Å². The maximum Gasteiger partial charge on any atom is 0.266 e. The minimum Gasteiger partial charge on any atom is -0.302 e. The first-order chi connectivity index (χ1) is 15.5. The molecule has 0 fully saturated rings. The van der Waals surface area contributed by atoms with Crippen molar-refractivity contribution in [1.29, 1.82) is 0 Å². The van der Waals surface area contributed by atoms with E-state index in [0.29, 0.717) is 17.5 Å². The van der Waals surface area contributed by atoms with Crippen LogP contribution in [0.1, 0.15) is 16.8 Å². The molecule has 2 aromatic carbocycles. The van der Waals surface area contributed by atoms with Gasteiger partial charge in [0.25, 0.3) is 5.91 Å². The Morgan fingerprint density at radius 3 is 2.50 bits per heavy atom. The average Bonchev–Trinajstić information content (AvgIpc) is 2.84. The summed E-state index contributed by atoms with van der Waals surface area (Å²) in [6.45, 7) is 0. The Hall–Kier alpha value is -3.01. The van der Waals surface area contributed by atoms with E-state index in [1.807, 2.05) is 12.3 Å². The predicted molar refractivity (Wildman–Crippen MR) is 125 cm³/mol. The number of nitrogens with zero attached hydrogens (tertiary/aromatic N) is 1. The minimum absolute atomic E-state index is 0.0327. The number of carbonyl (C=O) groups excluding carboxylic acids is 2. The Bertz CT molecular complexity index is 1170.